The van der Waals surface area contributed by atoms with Gasteiger partial charge in [-0.15, -0.1) is 0 Å². The average Bonchev–Trinajstić information content (AvgIpc) is 2.37. The van der Waals surface area contributed by atoms with Crippen LogP contribution in [0, 0.1) is 0 Å². The largest absolute Gasteiger partial charge is 0.477 e. The van der Waals surface area contributed by atoms with Crippen molar-refractivity contribution in [3.8, 4) is 0 Å². The number of anilines is 1. The molecule has 3 N–H and O–H groups in total. The Hall–Kier alpha value is -2.34. The highest BCUT2D eigenvalue weighted by atomic mass is 16.5. The maximum absolute atomic E-state index is 12.1. The Bertz CT molecular complexity index is 691. The number of aromatic nitrogens is 1. The average molecular weight is 262 g/mol. The summed E-state index contributed by atoms with van der Waals surface area (Å²) in [5.74, 6) is -1.26. The molecule has 0 aliphatic carbocycles. The number of rotatable bonds is 4. The molecule has 0 aliphatic rings. The molecule has 1 aromatic carbocycles. The van der Waals surface area contributed by atoms with Crippen molar-refractivity contribution in [2.75, 3.05) is 19.5 Å². The molecule has 1 aromatic heterocycles. The summed E-state index contributed by atoms with van der Waals surface area (Å²) in [6.45, 7) is 0.850. The fraction of sp³-hybridized carbons (Fsp3) is 0.231. The molecule has 2 aromatic rings. The fourth-order valence-electron chi connectivity index (χ4n) is 1.99. The first-order chi connectivity index (χ1) is 9.06. The molecular formula is C13H14N2O4. The first-order valence-electron chi connectivity index (χ1n) is 5.70. The van der Waals surface area contributed by atoms with E-state index in [1.807, 2.05) is 0 Å². The molecule has 0 atom stereocenters. The van der Waals surface area contributed by atoms with Crippen molar-refractivity contribution in [1.29, 1.82) is 0 Å². The third-order valence-corrected chi connectivity index (χ3v) is 2.91. The zero-order chi connectivity index (χ0) is 14.0. The van der Waals surface area contributed by atoms with Crippen LogP contribution in [0.3, 0.4) is 0 Å². The number of carboxylic acids is 1. The minimum atomic E-state index is -1.26. The van der Waals surface area contributed by atoms with Crippen LogP contribution < -0.4 is 11.2 Å². The van der Waals surface area contributed by atoms with Gasteiger partial charge in [0.25, 0.3) is 0 Å². The molecule has 0 radical (unpaired) electrons. The number of fused-ring (bicyclic) bond motifs is 1. The normalized spacial score (nSPS) is 10.8. The van der Waals surface area contributed by atoms with E-state index in [0.717, 1.165) is 0 Å². The molecule has 19 heavy (non-hydrogen) atoms. The van der Waals surface area contributed by atoms with Gasteiger partial charge in [0.1, 0.15) is 5.56 Å². The summed E-state index contributed by atoms with van der Waals surface area (Å²) in [6, 6.07) is 5.03. The molecule has 100 valence electrons. The molecule has 0 unspecified atom stereocenters. The van der Waals surface area contributed by atoms with Crippen molar-refractivity contribution in [3.63, 3.8) is 0 Å². The number of pyridine rings is 1. The number of hydrogen-bond acceptors (Lipinski definition) is 4. The van der Waals surface area contributed by atoms with Crippen molar-refractivity contribution in [2.45, 2.75) is 6.54 Å². The molecule has 0 saturated carbocycles. The van der Waals surface area contributed by atoms with E-state index in [2.05, 4.69) is 0 Å². The van der Waals surface area contributed by atoms with E-state index in [4.69, 9.17) is 15.6 Å². The molecule has 0 bridgehead atoms. The van der Waals surface area contributed by atoms with Crippen molar-refractivity contribution in [3.05, 3.63) is 40.2 Å². The van der Waals surface area contributed by atoms with Gasteiger partial charge in [0, 0.05) is 25.5 Å². The van der Waals surface area contributed by atoms with E-state index in [1.54, 1.807) is 29.9 Å². The molecule has 0 saturated heterocycles. The molecule has 0 spiro atoms. The number of nitrogen functional groups attached to an aromatic ring is 1. The Morgan fingerprint density at radius 3 is 2.84 bits per heavy atom. The number of benzene rings is 1. The van der Waals surface area contributed by atoms with Crippen LogP contribution in [0.4, 0.5) is 5.69 Å². The molecule has 6 heteroatoms. The topological polar surface area (TPSA) is 94.5 Å². The molecule has 1 heterocycles. The lowest BCUT2D eigenvalue weighted by Crippen LogP contribution is -2.20. The molecule has 0 aliphatic heterocycles. The summed E-state index contributed by atoms with van der Waals surface area (Å²) >= 11 is 0. The highest BCUT2D eigenvalue weighted by Crippen LogP contribution is 2.18. The second kappa shape index (κ2) is 5.11. The van der Waals surface area contributed by atoms with E-state index in [-0.39, 0.29) is 16.6 Å². The van der Waals surface area contributed by atoms with Gasteiger partial charge in [-0.25, -0.2) is 4.79 Å². The summed E-state index contributed by atoms with van der Waals surface area (Å²) in [5, 5.41) is 9.32. The number of methoxy groups -OCH3 is 1. The summed E-state index contributed by atoms with van der Waals surface area (Å²) < 4.78 is 6.64. The van der Waals surface area contributed by atoms with Gasteiger partial charge in [0.15, 0.2) is 0 Å². The Kier molecular flexibility index (Phi) is 3.52. The smallest absolute Gasteiger partial charge is 0.341 e. The Labute approximate surface area is 109 Å². The number of ether oxygens (including phenoxy) is 1. The third kappa shape index (κ3) is 2.30. The van der Waals surface area contributed by atoms with Crippen LogP contribution in [0.25, 0.3) is 10.9 Å². The lowest BCUT2D eigenvalue weighted by atomic mass is 10.1. The van der Waals surface area contributed by atoms with Crippen LogP contribution in [0.2, 0.25) is 0 Å². The molecule has 2 rings (SSSR count). The van der Waals surface area contributed by atoms with E-state index >= 15 is 0 Å². The minimum absolute atomic E-state index is 0.235. The summed E-state index contributed by atoms with van der Waals surface area (Å²) in [6.07, 6.45) is 1.32. The summed E-state index contributed by atoms with van der Waals surface area (Å²) in [7, 11) is 1.55. The zero-order valence-electron chi connectivity index (χ0n) is 10.4. The number of aromatic carboxylic acids is 1. The van der Waals surface area contributed by atoms with Crippen LogP contribution in [0.15, 0.2) is 29.2 Å². The molecule has 6 nitrogen and oxygen atoms in total. The predicted molar refractivity (Wildman–Crippen MR) is 71.5 cm³/mol. The van der Waals surface area contributed by atoms with Crippen LogP contribution in [-0.2, 0) is 11.3 Å². The second-order valence-electron chi connectivity index (χ2n) is 4.10. The number of carbonyl (C=O) groups is 1. The standard InChI is InChI=1S/C13H14N2O4/c1-19-6-5-15-7-8(13(17)18)12(16)11-9(14)3-2-4-10(11)15/h2-4,7H,5-6,14H2,1H3,(H,17,18). The minimum Gasteiger partial charge on any atom is -0.477 e. The van der Waals surface area contributed by atoms with Gasteiger partial charge in [-0.3, -0.25) is 4.79 Å². The van der Waals surface area contributed by atoms with Crippen molar-refractivity contribution in [2.24, 2.45) is 0 Å². The first kappa shape index (κ1) is 13.1. The number of carboxylic acid groups (broad SMARTS) is 1. The van der Waals surface area contributed by atoms with Gasteiger partial charge < -0.3 is 20.1 Å². The van der Waals surface area contributed by atoms with Gasteiger partial charge in [-0.05, 0) is 12.1 Å². The second-order valence-corrected chi connectivity index (χ2v) is 4.10. The van der Waals surface area contributed by atoms with Crippen molar-refractivity contribution >= 4 is 22.6 Å². The lowest BCUT2D eigenvalue weighted by molar-refractivity contribution is 0.0694. The quantitative estimate of drug-likeness (QED) is 0.799. The maximum atomic E-state index is 12.1. The molecule has 0 amide bonds. The Balaban J connectivity index is 2.80. The Morgan fingerprint density at radius 1 is 1.47 bits per heavy atom. The predicted octanol–water partition coefficient (Wildman–Crippen LogP) is 0.928. The van der Waals surface area contributed by atoms with Gasteiger partial charge in [0.05, 0.1) is 17.5 Å². The van der Waals surface area contributed by atoms with Crippen LogP contribution in [0.5, 0.6) is 0 Å². The number of nitrogens with two attached hydrogens (primary N) is 1. The van der Waals surface area contributed by atoms with Crippen LogP contribution >= 0.6 is 0 Å². The highest BCUT2D eigenvalue weighted by Gasteiger charge is 2.15. The van der Waals surface area contributed by atoms with E-state index in [1.165, 1.54) is 6.20 Å². The van der Waals surface area contributed by atoms with Crippen molar-refractivity contribution in [1.82, 2.24) is 4.57 Å². The SMILES string of the molecule is COCCn1cc(C(=O)O)c(=O)c2c(N)cccc21. The summed E-state index contributed by atoms with van der Waals surface area (Å²) in [5.41, 5.74) is 5.81. The van der Waals surface area contributed by atoms with E-state index < -0.39 is 11.4 Å². The van der Waals surface area contributed by atoms with Gasteiger partial charge >= 0.3 is 5.97 Å². The number of hydrogen-bond donors (Lipinski definition) is 2. The Morgan fingerprint density at radius 2 is 2.21 bits per heavy atom. The monoisotopic (exact) mass is 262 g/mol. The van der Waals surface area contributed by atoms with Crippen LogP contribution in [0.1, 0.15) is 10.4 Å². The van der Waals surface area contributed by atoms with Gasteiger partial charge in [-0.2, -0.15) is 0 Å². The van der Waals surface area contributed by atoms with E-state index in [0.29, 0.717) is 18.7 Å². The molecule has 0 fully saturated rings. The highest BCUT2D eigenvalue weighted by molar-refractivity contribution is 5.97. The van der Waals surface area contributed by atoms with E-state index in [9.17, 15) is 9.59 Å². The van der Waals surface area contributed by atoms with Crippen LogP contribution in [-0.4, -0.2) is 29.4 Å². The van der Waals surface area contributed by atoms with Gasteiger partial charge in [0.2, 0.25) is 5.43 Å². The third-order valence-electron chi connectivity index (χ3n) is 2.91. The lowest BCUT2D eigenvalue weighted by Gasteiger charge is -2.12. The fourth-order valence-corrected chi connectivity index (χ4v) is 1.99. The number of nitrogens with zero attached hydrogens (tertiary/aromatic N) is 1. The van der Waals surface area contributed by atoms with Gasteiger partial charge in [-0.1, -0.05) is 6.07 Å². The zero-order valence-corrected chi connectivity index (χ0v) is 10.4. The molecular weight excluding hydrogens is 248 g/mol. The first-order valence-corrected chi connectivity index (χ1v) is 5.70. The summed E-state index contributed by atoms with van der Waals surface area (Å²) in [4.78, 5) is 23.2. The maximum Gasteiger partial charge on any atom is 0.341 e. The van der Waals surface area contributed by atoms with Crippen molar-refractivity contribution < 1.29 is 14.6 Å².